The average Bonchev–Trinajstić information content (AvgIpc) is 2.37. The minimum absolute atomic E-state index is 0.0215. The van der Waals surface area contributed by atoms with Crippen molar-refractivity contribution in [2.24, 2.45) is 0 Å². The molecular formula is C12H8BrFN2O4S. The van der Waals surface area contributed by atoms with Crippen molar-refractivity contribution in [3.05, 3.63) is 52.4 Å². The molecule has 0 saturated carbocycles. The Morgan fingerprint density at radius 2 is 2.05 bits per heavy atom. The third-order valence-electron chi connectivity index (χ3n) is 2.38. The topological polar surface area (TPSA) is 96.4 Å². The number of nitrogens with one attached hydrogen (secondary N) is 1. The summed E-state index contributed by atoms with van der Waals surface area (Å²) in [6.07, 6.45) is 1.14. The van der Waals surface area contributed by atoms with E-state index in [-0.39, 0.29) is 11.3 Å². The zero-order valence-electron chi connectivity index (χ0n) is 10.2. The molecule has 0 aliphatic heterocycles. The maximum atomic E-state index is 13.5. The van der Waals surface area contributed by atoms with Gasteiger partial charge < -0.3 is 5.11 Å². The number of carboxylic acid groups (broad SMARTS) is 1. The van der Waals surface area contributed by atoms with Crippen LogP contribution in [0.1, 0.15) is 10.4 Å². The second kappa shape index (κ2) is 5.78. The summed E-state index contributed by atoms with van der Waals surface area (Å²) in [5, 5.41) is 8.16. The first-order valence-corrected chi connectivity index (χ1v) is 7.74. The van der Waals surface area contributed by atoms with Gasteiger partial charge in [0.2, 0.25) is 5.03 Å². The molecule has 0 spiro atoms. The smallest absolute Gasteiger partial charge is 0.335 e. The quantitative estimate of drug-likeness (QED) is 0.856. The standard InChI is InChI=1S/C12H8BrFN2O4S/c13-8-4-7(12(17)18)5-9(6-8)16-21(19,20)11-10(14)2-1-3-15-11/h1-6,16H,(H,17,18). The van der Waals surface area contributed by atoms with Gasteiger partial charge in [0.25, 0.3) is 10.0 Å². The molecular weight excluding hydrogens is 367 g/mol. The van der Waals surface area contributed by atoms with Crippen LogP contribution in [0.2, 0.25) is 0 Å². The van der Waals surface area contributed by atoms with Crippen molar-refractivity contribution < 1.29 is 22.7 Å². The van der Waals surface area contributed by atoms with Crippen molar-refractivity contribution in [2.45, 2.75) is 5.03 Å². The molecule has 110 valence electrons. The lowest BCUT2D eigenvalue weighted by atomic mass is 10.2. The molecule has 0 fully saturated rings. The number of aromatic nitrogens is 1. The third kappa shape index (κ3) is 3.56. The Kier molecular flexibility index (Phi) is 4.24. The van der Waals surface area contributed by atoms with Gasteiger partial charge in [0, 0.05) is 10.7 Å². The van der Waals surface area contributed by atoms with Gasteiger partial charge in [-0.3, -0.25) is 4.72 Å². The van der Waals surface area contributed by atoms with Crippen LogP contribution in [-0.4, -0.2) is 24.5 Å². The fourth-order valence-electron chi connectivity index (χ4n) is 1.54. The molecule has 0 radical (unpaired) electrons. The first-order chi connectivity index (χ1) is 9.79. The molecule has 0 bridgehead atoms. The van der Waals surface area contributed by atoms with E-state index in [1.165, 1.54) is 18.2 Å². The summed E-state index contributed by atoms with van der Waals surface area (Å²) >= 11 is 3.07. The van der Waals surface area contributed by atoms with Crippen LogP contribution in [0.4, 0.5) is 10.1 Å². The zero-order valence-corrected chi connectivity index (χ0v) is 12.6. The van der Waals surface area contributed by atoms with E-state index >= 15 is 0 Å². The molecule has 6 nitrogen and oxygen atoms in total. The summed E-state index contributed by atoms with van der Waals surface area (Å²) in [6, 6.07) is 6.00. The van der Waals surface area contributed by atoms with E-state index in [9.17, 15) is 17.6 Å². The molecule has 2 aromatic rings. The van der Waals surface area contributed by atoms with E-state index in [1.54, 1.807) is 0 Å². The molecule has 9 heteroatoms. The second-order valence-corrected chi connectivity index (χ2v) is 6.44. The monoisotopic (exact) mass is 374 g/mol. The number of aromatic carboxylic acids is 1. The van der Waals surface area contributed by atoms with Gasteiger partial charge in [0.05, 0.1) is 11.3 Å². The largest absolute Gasteiger partial charge is 0.478 e. The molecule has 1 heterocycles. The molecule has 1 aromatic carbocycles. The van der Waals surface area contributed by atoms with E-state index in [4.69, 9.17) is 5.11 Å². The van der Waals surface area contributed by atoms with Gasteiger partial charge in [0.1, 0.15) is 0 Å². The number of hydrogen-bond donors (Lipinski definition) is 2. The number of anilines is 1. The van der Waals surface area contributed by atoms with Crippen molar-refractivity contribution in [3.8, 4) is 0 Å². The normalized spacial score (nSPS) is 11.1. The SMILES string of the molecule is O=C(O)c1cc(Br)cc(NS(=O)(=O)c2ncccc2F)c1. The summed E-state index contributed by atoms with van der Waals surface area (Å²) in [7, 11) is -4.25. The Morgan fingerprint density at radius 1 is 1.33 bits per heavy atom. The van der Waals surface area contributed by atoms with Crippen LogP contribution in [0.25, 0.3) is 0 Å². The van der Waals surface area contributed by atoms with Gasteiger partial charge >= 0.3 is 5.97 Å². The molecule has 21 heavy (non-hydrogen) atoms. The van der Waals surface area contributed by atoms with Gasteiger partial charge in [-0.2, -0.15) is 8.42 Å². The van der Waals surface area contributed by atoms with Crippen LogP contribution in [0.5, 0.6) is 0 Å². The van der Waals surface area contributed by atoms with Crippen LogP contribution in [-0.2, 0) is 10.0 Å². The second-order valence-electron chi connectivity index (χ2n) is 3.93. The number of halogens is 2. The molecule has 2 rings (SSSR count). The Hall–Kier alpha value is -2.00. The van der Waals surface area contributed by atoms with Crippen LogP contribution in [0, 0.1) is 5.82 Å². The van der Waals surface area contributed by atoms with Crippen molar-refractivity contribution in [1.29, 1.82) is 0 Å². The molecule has 0 saturated heterocycles. The van der Waals surface area contributed by atoms with Crippen molar-refractivity contribution in [2.75, 3.05) is 4.72 Å². The van der Waals surface area contributed by atoms with Crippen molar-refractivity contribution in [3.63, 3.8) is 0 Å². The molecule has 0 aliphatic rings. The first kappa shape index (κ1) is 15.4. The Morgan fingerprint density at radius 3 is 2.67 bits per heavy atom. The van der Waals surface area contributed by atoms with Crippen LogP contribution in [0.15, 0.2) is 46.0 Å². The number of hydrogen-bond acceptors (Lipinski definition) is 4. The maximum absolute atomic E-state index is 13.5. The summed E-state index contributed by atoms with van der Waals surface area (Å²) in [5.74, 6) is -2.22. The lowest BCUT2D eigenvalue weighted by Crippen LogP contribution is -2.16. The molecule has 0 atom stereocenters. The van der Waals surface area contributed by atoms with Crippen molar-refractivity contribution >= 4 is 37.6 Å². The summed E-state index contributed by atoms with van der Waals surface area (Å²) < 4.78 is 40.0. The highest BCUT2D eigenvalue weighted by atomic mass is 79.9. The van der Waals surface area contributed by atoms with Gasteiger partial charge in [-0.05, 0) is 30.3 Å². The Balaban J connectivity index is 2.42. The molecule has 1 aromatic heterocycles. The van der Waals surface area contributed by atoms with E-state index in [1.807, 2.05) is 0 Å². The van der Waals surface area contributed by atoms with E-state index in [0.29, 0.717) is 4.47 Å². The van der Waals surface area contributed by atoms with Crippen LogP contribution in [0.3, 0.4) is 0 Å². The van der Waals surface area contributed by atoms with Crippen molar-refractivity contribution in [1.82, 2.24) is 4.98 Å². The minimum atomic E-state index is -4.25. The molecule has 0 amide bonds. The van der Waals surface area contributed by atoms with Crippen LogP contribution < -0.4 is 4.72 Å². The number of benzene rings is 1. The van der Waals surface area contributed by atoms with Gasteiger partial charge in [-0.25, -0.2) is 14.2 Å². The van der Waals surface area contributed by atoms with E-state index in [0.717, 1.165) is 18.3 Å². The number of rotatable bonds is 4. The Labute approximate surface area is 127 Å². The summed E-state index contributed by atoms with van der Waals surface area (Å²) in [5.41, 5.74) is -0.143. The minimum Gasteiger partial charge on any atom is -0.478 e. The van der Waals surface area contributed by atoms with E-state index < -0.39 is 26.8 Å². The molecule has 0 unspecified atom stereocenters. The average molecular weight is 375 g/mol. The van der Waals surface area contributed by atoms with E-state index in [2.05, 4.69) is 25.6 Å². The Bertz CT molecular complexity index is 811. The number of carboxylic acids is 1. The first-order valence-electron chi connectivity index (χ1n) is 5.47. The lowest BCUT2D eigenvalue weighted by molar-refractivity contribution is 0.0697. The molecule has 0 aliphatic carbocycles. The lowest BCUT2D eigenvalue weighted by Gasteiger charge is -2.09. The highest BCUT2D eigenvalue weighted by Crippen LogP contribution is 2.22. The fraction of sp³-hybridized carbons (Fsp3) is 0. The highest BCUT2D eigenvalue weighted by molar-refractivity contribution is 9.10. The predicted molar refractivity (Wildman–Crippen MR) is 76.1 cm³/mol. The number of sulfonamides is 1. The maximum Gasteiger partial charge on any atom is 0.335 e. The molecule has 2 N–H and O–H groups in total. The van der Waals surface area contributed by atoms with Gasteiger partial charge in [-0.15, -0.1) is 0 Å². The number of nitrogens with zero attached hydrogens (tertiary/aromatic N) is 1. The predicted octanol–water partition coefficient (Wildman–Crippen LogP) is 2.48. The van der Waals surface area contributed by atoms with Gasteiger partial charge in [-0.1, -0.05) is 15.9 Å². The highest BCUT2D eigenvalue weighted by Gasteiger charge is 2.21. The third-order valence-corrected chi connectivity index (χ3v) is 4.15. The fourth-order valence-corrected chi connectivity index (χ4v) is 3.09. The summed E-state index contributed by atoms with van der Waals surface area (Å²) in [6.45, 7) is 0. The summed E-state index contributed by atoms with van der Waals surface area (Å²) in [4.78, 5) is 14.4. The number of pyridine rings is 1. The zero-order chi connectivity index (χ0) is 15.6. The number of carbonyl (C=O) groups is 1. The van der Waals surface area contributed by atoms with Gasteiger partial charge in [0.15, 0.2) is 5.82 Å². The van der Waals surface area contributed by atoms with Crippen LogP contribution >= 0.6 is 15.9 Å².